The Labute approximate surface area is 78.4 Å². The molecule has 0 N–H and O–H groups in total. The minimum atomic E-state index is -0.449. The van der Waals surface area contributed by atoms with Crippen molar-refractivity contribution in [3.05, 3.63) is 36.0 Å². The molecular formula is C9H5FN2O2. The Bertz CT molecular complexity index is 454. The van der Waals surface area contributed by atoms with Crippen LogP contribution in [0.4, 0.5) is 4.39 Å². The number of hydrogen-bond acceptors (Lipinski definition) is 4. The number of carbonyl (C=O) groups is 1. The maximum absolute atomic E-state index is 12.9. The Morgan fingerprint density at radius 3 is 2.93 bits per heavy atom. The highest BCUT2D eigenvalue weighted by Gasteiger charge is 2.09. The molecule has 0 aliphatic rings. The van der Waals surface area contributed by atoms with Gasteiger partial charge in [-0.1, -0.05) is 5.16 Å². The third kappa shape index (κ3) is 1.39. The zero-order valence-electron chi connectivity index (χ0n) is 6.98. The molecule has 0 amide bonds. The summed E-state index contributed by atoms with van der Waals surface area (Å²) >= 11 is 0. The fourth-order valence-corrected chi connectivity index (χ4v) is 1.11. The number of aromatic nitrogens is 2. The zero-order chi connectivity index (χ0) is 9.97. The quantitative estimate of drug-likeness (QED) is 0.679. The number of hydrogen-bond donors (Lipinski definition) is 0. The standard InChI is InChI=1S/C9H5FN2O2/c10-7-2-1-6(4-13)8(3-7)9-11-5-14-12-9/h1-5H. The molecule has 4 nitrogen and oxygen atoms in total. The van der Waals surface area contributed by atoms with Crippen LogP contribution in [0.25, 0.3) is 11.4 Å². The van der Waals surface area contributed by atoms with Gasteiger partial charge in [0.2, 0.25) is 12.2 Å². The number of nitrogens with zero attached hydrogens (tertiary/aromatic N) is 2. The van der Waals surface area contributed by atoms with E-state index in [2.05, 4.69) is 14.7 Å². The molecule has 1 aromatic carbocycles. The summed E-state index contributed by atoms with van der Waals surface area (Å²) in [5.74, 6) is -0.248. The van der Waals surface area contributed by atoms with Gasteiger partial charge in [-0.05, 0) is 18.2 Å². The summed E-state index contributed by atoms with van der Waals surface area (Å²) in [5.41, 5.74) is 0.654. The van der Waals surface area contributed by atoms with Gasteiger partial charge >= 0.3 is 0 Å². The zero-order valence-corrected chi connectivity index (χ0v) is 6.98. The third-order valence-electron chi connectivity index (χ3n) is 1.74. The molecule has 0 fully saturated rings. The summed E-state index contributed by atoms with van der Waals surface area (Å²) in [5, 5.41) is 3.52. The Morgan fingerprint density at radius 1 is 1.43 bits per heavy atom. The lowest BCUT2D eigenvalue weighted by Crippen LogP contribution is -1.90. The molecule has 0 saturated heterocycles. The number of halogens is 1. The minimum Gasteiger partial charge on any atom is -0.342 e. The van der Waals surface area contributed by atoms with E-state index in [0.29, 0.717) is 17.4 Å². The molecule has 0 atom stereocenters. The number of rotatable bonds is 2. The smallest absolute Gasteiger partial charge is 0.214 e. The van der Waals surface area contributed by atoms with E-state index in [4.69, 9.17) is 0 Å². The topological polar surface area (TPSA) is 56.0 Å². The van der Waals surface area contributed by atoms with E-state index in [1.165, 1.54) is 18.2 Å². The summed E-state index contributed by atoms with van der Waals surface area (Å²) in [6, 6.07) is 3.76. The second kappa shape index (κ2) is 3.37. The second-order valence-corrected chi connectivity index (χ2v) is 2.60. The van der Waals surface area contributed by atoms with Crippen molar-refractivity contribution in [2.75, 3.05) is 0 Å². The van der Waals surface area contributed by atoms with Gasteiger partial charge in [0.1, 0.15) is 5.82 Å². The fraction of sp³-hybridized carbons (Fsp3) is 0. The molecule has 2 aromatic rings. The first-order chi connectivity index (χ1) is 6.81. The van der Waals surface area contributed by atoms with Crippen LogP contribution >= 0.6 is 0 Å². The molecule has 1 heterocycles. The predicted molar refractivity (Wildman–Crippen MR) is 45.1 cm³/mol. The molecule has 0 radical (unpaired) electrons. The molecule has 0 unspecified atom stereocenters. The van der Waals surface area contributed by atoms with Crippen LogP contribution in [0.1, 0.15) is 10.4 Å². The second-order valence-electron chi connectivity index (χ2n) is 2.60. The molecule has 0 saturated carbocycles. The van der Waals surface area contributed by atoms with Crippen molar-refractivity contribution in [1.82, 2.24) is 10.1 Å². The van der Waals surface area contributed by atoms with E-state index in [0.717, 1.165) is 6.39 Å². The average Bonchev–Trinajstić information content (AvgIpc) is 2.70. The lowest BCUT2D eigenvalue weighted by atomic mass is 10.1. The van der Waals surface area contributed by atoms with Crippen LogP contribution < -0.4 is 0 Å². The minimum absolute atomic E-state index is 0.201. The molecule has 14 heavy (non-hydrogen) atoms. The van der Waals surface area contributed by atoms with Crippen molar-refractivity contribution in [2.24, 2.45) is 0 Å². The maximum atomic E-state index is 12.9. The van der Waals surface area contributed by atoms with Crippen LogP contribution in [0.5, 0.6) is 0 Å². The lowest BCUT2D eigenvalue weighted by Gasteiger charge is -1.98. The van der Waals surface area contributed by atoms with Gasteiger partial charge in [-0.3, -0.25) is 4.79 Å². The summed E-state index contributed by atoms with van der Waals surface area (Å²) < 4.78 is 17.4. The molecule has 70 valence electrons. The molecule has 0 aliphatic heterocycles. The molecule has 5 heteroatoms. The Balaban J connectivity index is 2.61. The van der Waals surface area contributed by atoms with Gasteiger partial charge in [0.15, 0.2) is 6.29 Å². The van der Waals surface area contributed by atoms with E-state index in [-0.39, 0.29) is 5.82 Å². The van der Waals surface area contributed by atoms with Crippen molar-refractivity contribution in [1.29, 1.82) is 0 Å². The molecular weight excluding hydrogens is 187 g/mol. The molecule has 2 rings (SSSR count). The van der Waals surface area contributed by atoms with Gasteiger partial charge < -0.3 is 4.52 Å². The van der Waals surface area contributed by atoms with Crippen molar-refractivity contribution in [2.45, 2.75) is 0 Å². The van der Waals surface area contributed by atoms with Gasteiger partial charge in [-0.25, -0.2) is 4.39 Å². The van der Waals surface area contributed by atoms with Crippen LogP contribution in [-0.4, -0.2) is 16.4 Å². The van der Waals surface area contributed by atoms with E-state index < -0.39 is 5.82 Å². The molecule has 0 aliphatic carbocycles. The normalized spacial score (nSPS) is 10.1. The summed E-state index contributed by atoms with van der Waals surface area (Å²) in [6.07, 6.45) is 1.74. The van der Waals surface area contributed by atoms with Gasteiger partial charge in [0.05, 0.1) is 0 Å². The Kier molecular flexibility index (Phi) is 2.06. The summed E-state index contributed by atoms with van der Waals surface area (Å²) in [4.78, 5) is 14.4. The van der Waals surface area contributed by atoms with Crippen LogP contribution in [0.2, 0.25) is 0 Å². The van der Waals surface area contributed by atoms with Crippen LogP contribution in [-0.2, 0) is 0 Å². The molecule has 0 spiro atoms. The summed E-state index contributed by atoms with van der Waals surface area (Å²) in [7, 11) is 0. The molecule has 0 bridgehead atoms. The first-order valence-electron chi connectivity index (χ1n) is 3.83. The third-order valence-corrected chi connectivity index (χ3v) is 1.74. The number of carbonyl (C=O) groups excluding carboxylic acids is 1. The van der Waals surface area contributed by atoms with Gasteiger partial charge in [0.25, 0.3) is 0 Å². The Morgan fingerprint density at radius 2 is 2.29 bits per heavy atom. The van der Waals surface area contributed by atoms with Crippen LogP contribution in [0.15, 0.2) is 29.1 Å². The highest BCUT2D eigenvalue weighted by molar-refractivity contribution is 5.85. The largest absolute Gasteiger partial charge is 0.342 e. The first kappa shape index (κ1) is 8.55. The number of aldehydes is 1. The monoisotopic (exact) mass is 192 g/mol. The van der Waals surface area contributed by atoms with E-state index in [9.17, 15) is 9.18 Å². The van der Waals surface area contributed by atoms with Crippen molar-refractivity contribution in [3.8, 4) is 11.4 Å². The fourth-order valence-electron chi connectivity index (χ4n) is 1.11. The van der Waals surface area contributed by atoms with E-state index in [1.54, 1.807) is 0 Å². The highest BCUT2D eigenvalue weighted by Crippen LogP contribution is 2.19. The van der Waals surface area contributed by atoms with Gasteiger partial charge in [-0.15, -0.1) is 0 Å². The van der Waals surface area contributed by atoms with Crippen molar-refractivity contribution < 1.29 is 13.7 Å². The van der Waals surface area contributed by atoms with Crippen LogP contribution in [0, 0.1) is 5.82 Å². The lowest BCUT2D eigenvalue weighted by molar-refractivity contribution is 0.112. The molecule has 1 aromatic heterocycles. The van der Waals surface area contributed by atoms with E-state index in [1.807, 2.05) is 0 Å². The SMILES string of the molecule is O=Cc1ccc(F)cc1-c1ncon1. The van der Waals surface area contributed by atoms with Crippen molar-refractivity contribution >= 4 is 6.29 Å². The number of benzene rings is 1. The average molecular weight is 192 g/mol. The van der Waals surface area contributed by atoms with Gasteiger partial charge in [-0.2, -0.15) is 4.98 Å². The van der Waals surface area contributed by atoms with Crippen molar-refractivity contribution in [3.63, 3.8) is 0 Å². The van der Waals surface area contributed by atoms with Gasteiger partial charge in [0, 0.05) is 11.1 Å². The van der Waals surface area contributed by atoms with E-state index >= 15 is 0 Å². The predicted octanol–water partition coefficient (Wildman–Crippen LogP) is 1.69. The highest BCUT2D eigenvalue weighted by atomic mass is 19.1. The van der Waals surface area contributed by atoms with Crippen LogP contribution in [0.3, 0.4) is 0 Å². The Hall–Kier alpha value is -2.04. The first-order valence-corrected chi connectivity index (χ1v) is 3.83. The maximum Gasteiger partial charge on any atom is 0.214 e. The summed E-state index contributed by atoms with van der Waals surface area (Å²) in [6.45, 7) is 0.